The van der Waals surface area contributed by atoms with Gasteiger partial charge in [0.15, 0.2) is 0 Å². The van der Waals surface area contributed by atoms with E-state index in [2.05, 4.69) is 19.2 Å². The Bertz CT molecular complexity index is 411. The van der Waals surface area contributed by atoms with Crippen molar-refractivity contribution in [3.8, 4) is 0 Å². The molecule has 1 aliphatic heterocycles. The van der Waals surface area contributed by atoms with Crippen molar-refractivity contribution in [2.45, 2.75) is 45.1 Å². The van der Waals surface area contributed by atoms with E-state index in [0.717, 1.165) is 31.4 Å². The van der Waals surface area contributed by atoms with Gasteiger partial charge in [0.25, 0.3) is 0 Å². The Morgan fingerprint density at radius 2 is 2.22 bits per heavy atom. The van der Waals surface area contributed by atoms with Crippen LogP contribution in [0.5, 0.6) is 0 Å². The van der Waals surface area contributed by atoms with Crippen molar-refractivity contribution in [1.29, 1.82) is 0 Å². The Hall–Kier alpha value is -0.600. The first-order valence-corrected chi connectivity index (χ1v) is 7.08. The summed E-state index contributed by atoms with van der Waals surface area (Å²) in [4.78, 5) is 0. The predicted molar refractivity (Wildman–Crippen MR) is 74.5 cm³/mol. The van der Waals surface area contributed by atoms with Crippen LogP contribution in [0.3, 0.4) is 0 Å². The van der Waals surface area contributed by atoms with Crippen molar-refractivity contribution < 1.29 is 4.39 Å². The van der Waals surface area contributed by atoms with Gasteiger partial charge in [-0.3, -0.25) is 0 Å². The third kappa shape index (κ3) is 3.04. The first-order valence-electron chi connectivity index (χ1n) is 6.70. The van der Waals surface area contributed by atoms with Crippen LogP contribution in [0, 0.1) is 11.7 Å². The van der Waals surface area contributed by atoms with Gasteiger partial charge in [0.2, 0.25) is 0 Å². The van der Waals surface area contributed by atoms with Gasteiger partial charge < -0.3 is 5.32 Å². The fraction of sp³-hybridized carbons (Fsp3) is 0.600. The molecule has 0 aliphatic carbocycles. The van der Waals surface area contributed by atoms with Gasteiger partial charge in [0, 0.05) is 5.54 Å². The van der Waals surface area contributed by atoms with Gasteiger partial charge in [-0.15, -0.1) is 0 Å². The molecule has 0 saturated carbocycles. The lowest BCUT2D eigenvalue weighted by Crippen LogP contribution is -2.43. The zero-order valence-electron chi connectivity index (χ0n) is 11.1. The Morgan fingerprint density at radius 3 is 2.83 bits per heavy atom. The maximum absolute atomic E-state index is 13.5. The number of halogens is 2. The van der Waals surface area contributed by atoms with Crippen LogP contribution in [0.15, 0.2) is 18.2 Å². The van der Waals surface area contributed by atoms with Gasteiger partial charge >= 0.3 is 0 Å². The van der Waals surface area contributed by atoms with Crippen molar-refractivity contribution in [2.75, 3.05) is 6.54 Å². The SMILES string of the molecule is CC(C)CC1(Cc2cccc(F)c2Cl)CCCN1. The standard InChI is InChI=1S/C15H21ClFN/c1-11(2)9-15(7-4-8-18-15)10-12-5-3-6-13(17)14(12)16/h3,5-6,11,18H,4,7-10H2,1-2H3. The predicted octanol–water partition coefficient (Wildman–Crippen LogP) is 4.19. The molecule has 1 fully saturated rings. The van der Waals surface area contributed by atoms with Crippen LogP contribution in [-0.2, 0) is 6.42 Å². The third-order valence-electron chi connectivity index (χ3n) is 3.69. The molecule has 18 heavy (non-hydrogen) atoms. The van der Waals surface area contributed by atoms with Crippen molar-refractivity contribution >= 4 is 11.6 Å². The monoisotopic (exact) mass is 269 g/mol. The molecular weight excluding hydrogens is 249 g/mol. The van der Waals surface area contributed by atoms with Crippen LogP contribution < -0.4 is 5.32 Å². The molecule has 0 bridgehead atoms. The van der Waals surface area contributed by atoms with E-state index >= 15 is 0 Å². The van der Waals surface area contributed by atoms with E-state index in [1.54, 1.807) is 6.07 Å². The first kappa shape index (κ1) is 13.8. The molecule has 1 saturated heterocycles. The average molecular weight is 270 g/mol. The normalized spacial score (nSPS) is 23.8. The van der Waals surface area contributed by atoms with Crippen molar-refractivity contribution in [3.05, 3.63) is 34.6 Å². The summed E-state index contributed by atoms with van der Waals surface area (Å²) in [7, 11) is 0. The quantitative estimate of drug-likeness (QED) is 0.864. The molecule has 3 heteroatoms. The Balaban J connectivity index is 2.21. The lowest BCUT2D eigenvalue weighted by atomic mass is 9.82. The van der Waals surface area contributed by atoms with Gasteiger partial charge in [-0.1, -0.05) is 37.6 Å². The molecule has 1 nitrogen and oxygen atoms in total. The molecule has 0 radical (unpaired) electrons. The second-order valence-electron chi connectivity index (χ2n) is 5.80. The number of hydrogen-bond acceptors (Lipinski definition) is 1. The molecule has 1 aromatic rings. The third-order valence-corrected chi connectivity index (χ3v) is 4.11. The molecule has 1 atom stereocenters. The number of benzene rings is 1. The van der Waals surface area contributed by atoms with Gasteiger partial charge in [-0.25, -0.2) is 4.39 Å². The number of nitrogens with one attached hydrogen (secondary N) is 1. The molecule has 1 unspecified atom stereocenters. The Kier molecular flexibility index (Phi) is 4.29. The van der Waals surface area contributed by atoms with Crippen LogP contribution in [0.4, 0.5) is 4.39 Å². The molecule has 1 aliphatic rings. The fourth-order valence-electron chi connectivity index (χ4n) is 3.10. The summed E-state index contributed by atoms with van der Waals surface area (Å²) in [6.45, 7) is 5.52. The van der Waals surface area contributed by atoms with Gasteiger partial charge in [-0.05, 0) is 49.8 Å². The highest BCUT2D eigenvalue weighted by Crippen LogP contribution is 2.33. The summed E-state index contributed by atoms with van der Waals surface area (Å²) < 4.78 is 13.5. The molecule has 2 rings (SSSR count). The van der Waals surface area contributed by atoms with Gasteiger partial charge in [0.05, 0.1) is 5.02 Å². The Labute approximate surface area is 114 Å². The van der Waals surface area contributed by atoms with Crippen LogP contribution >= 0.6 is 11.6 Å². The molecule has 0 aromatic heterocycles. The molecular formula is C15H21ClFN. The van der Waals surface area contributed by atoms with E-state index in [1.807, 2.05) is 6.07 Å². The Morgan fingerprint density at radius 1 is 1.44 bits per heavy atom. The minimum atomic E-state index is -0.313. The van der Waals surface area contributed by atoms with E-state index in [0.29, 0.717) is 5.92 Å². The lowest BCUT2D eigenvalue weighted by Gasteiger charge is -2.32. The highest BCUT2D eigenvalue weighted by atomic mass is 35.5. The van der Waals surface area contributed by atoms with Crippen LogP contribution in [0.25, 0.3) is 0 Å². The number of rotatable bonds is 4. The molecule has 1 aromatic carbocycles. The van der Waals surface area contributed by atoms with Gasteiger partial charge in [-0.2, -0.15) is 0 Å². The van der Waals surface area contributed by atoms with E-state index in [4.69, 9.17) is 11.6 Å². The van der Waals surface area contributed by atoms with Crippen LogP contribution in [0.2, 0.25) is 5.02 Å². The average Bonchev–Trinajstić information content (AvgIpc) is 2.72. The summed E-state index contributed by atoms with van der Waals surface area (Å²) in [6, 6.07) is 5.10. The maximum atomic E-state index is 13.5. The lowest BCUT2D eigenvalue weighted by molar-refractivity contribution is 0.301. The first-order chi connectivity index (χ1) is 8.52. The van der Waals surface area contributed by atoms with Crippen molar-refractivity contribution in [1.82, 2.24) is 5.32 Å². The zero-order valence-corrected chi connectivity index (χ0v) is 11.9. The maximum Gasteiger partial charge on any atom is 0.142 e. The zero-order chi connectivity index (χ0) is 13.2. The summed E-state index contributed by atoms with van der Waals surface area (Å²) >= 11 is 6.07. The van der Waals surface area contributed by atoms with Crippen LogP contribution in [0.1, 0.15) is 38.7 Å². The largest absolute Gasteiger partial charge is 0.311 e. The molecule has 0 amide bonds. The summed E-state index contributed by atoms with van der Waals surface area (Å²) in [5.41, 5.74) is 1.03. The summed E-state index contributed by atoms with van der Waals surface area (Å²) in [6.07, 6.45) is 4.28. The summed E-state index contributed by atoms with van der Waals surface area (Å²) in [5.74, 6) is 0.315. The topological polar surface area (TPSA) is 12.0 Å². The van der Waals surface area contributed by atoms with Crippen molar-refractivity contribution in [2.24, 2.45) is 5.92 Å². The van der Waals surface area contributed by atoms with Crippen molar-refractivity contribution in [3.63, 3.8) is 0 Å². The summed E-state index contributed by atoms with van der Waals surface area (Å²) in [5, 5.41) is 3.90. The second kappa shape index (κ2) is 5.58. The number of hydrogen-bond donors (Lipinski definition) is 1. The van der Waals surface area contributed by atoms with E-state index in [1.165, 1.54) is 12.5 Å². The van der Waals surface area contributed by atoms with E-state index < -0.39 is 0 Å². The van der Waals surface area contributed by atoms with Crippen LogP contribution in [-0.4, -0.2) is 12.1 Å². The minimum Gasteiger partial charge on any atom is -0.311 e. The smallest absolute Gasteiger partial charge is 0.142 e. The second-order valence-corrected chi connectivity index (χ2v) is 6.18. The highest BCUT2D eigenvalue weighted by molar-refractivity contribution is 6.31. The minimum absolute atomic E-state index is 0.103. The van der Waals surface area contributed by atoms with E-state index in [9.17, 15) is 4.39 Å². The molecule has 100 valence electrons. The molecule has 0 spiro atoms. The fourth-order valence-corrected chi connectivity index (χ4v) is 3.29. The molecule has 1 N–H and O–H groups in total. The molecule has 1 heterocycles. The van der Waals surface area contributed by atoms with E-state index in [-0.39, 0.29) is 16.4 Å². The van der Waals surface area contributed by atoms with Gasteiger partial charge in [0.1, 0.15) is 5.82 Å². The highest BCUT2D eigenvalue weighted by Gasteiger charge is 2.34.